The Morgan fingerprint density at radius 2 is 1.88 bits per heavy atom. The summed E-state index contributed by atoms with van der Waals surface area (Å²) in [5.41, 5.74) is 10.3. The van der Waals surface area contributed by atoms with Crippen LogP contribution in [0.4, 0.5) is 5.69 Å². The first-order chi connectivity index (χ1) is 7.76. The summed E-state index contributed by atoms with van der Waals surface area (Å²) in [7, 11) is 0. The van der Waals surface area contributed by atoms with Crippen molar-refractivity contribution in [3.63, 3.8) is 0 Å². The minimum Gasteiger partial charge on any atom is -0.298 e. The van der Waals surface area contributed by atoms with Crippen LogP contribution < -0.4 is 0 Å². The zero-order valence-corrected chi connectivity index (χ0v) is 9.71. The lowest BCUT2D eigenvalue weighted by molar-refractivity contribution is -0.104. The number of hydrogen-bond donors (Lipinski definition) is 0. The molecule has 0 aliphatic carbocycles. The fraction of sp³-hybridized carbons (Fsp3) is 0.250. The van der Waals surface area contributed by atoms with E-state index in [1.54, 1.807) is 37.3 Å². The molecule has 0 radical (unpaired) electrons. The molecule has 0 bridgehead atoms. The monoisotopic (exact) mass is 217 g/mol. The molecule has 0 amide bonds. The highest BCUT2D eigenvalue weighted by Gasteiger charge is 1.90. The van der Waals surface area contributed by atoms with Crippen LogP contribution in [-0.4, -0.2) is 6.29 Å². The SMILES string of the molecule is C/C(C=O)=C\c1ccc(N=[N+]=[N-])cc1.CC. The van der Waals surface area contributed by atoms with Gasteiger partial charge >= 0.3 is 0 Å². The molecule has 1 rings (SSSR count). The molecule has 0 aliphatic rings. The lowest BCUT2D eigenvalue weighted by Gasteiger charge is -1.94. The summed E-state index contributed by atoms with van der Waals surface area (Å²) in [5, 5.41) is 3.44. The summed E-state index contributed by atoms with van der Waals surface area (Å²) in [6.07, 6.45) is 2.55. The Labute approximate surface area is 95.2 Å². The van der Waals surface area contributed by atoms with E-state index in [4.69, 9.17) is 5.53 Å². The van der Waals surface area contributed by atoms with Gasteiger partial charge in [0, 0.05) is 10.6 Å². The van der Waals surface area contributed by atoms with Gasteiger partial charge in [-0.3, -0.25) is 4.79 Å². The van der Waals surface area contributed by atoms with E-state index in [-0.39, 0.29) is 0 Å². The predicted octanol–water partition coefficient (Wildman–Crippen LogP) is 4.26. The molecule has 1 aromatic carbocycles. The molecule has 0 heterocycles. The third-order valence-electron chi connectivity index (χ3n) is 1.63. The van der Waals surface area contributed by atoms with Crippen molar-refractivity contribution in [2.45, 2.75) is 20.8 Å². The molecule has 4 heteroatoms. The summed E-state index contributed by atoms with van der Waals surface area (Å²) in [4.78, 5) is 13.0. The lowest BCUT2D eigenvalue weighted by atomic mass is 10.1. The second-order valence-electron chi connectivity index (χ2n) is 2.79. The standard InChI is InChI=1S/C10H9N3O.C2H6/c1-8(7-14)6-9-2-4-10(5-3-9)12-13-11;1-2/h2-7H,1H3;1-2H3/b8-6+;. The Balaban J connectivity index is 0.00000106. The molecule has 84 valence electrons. The number of rotatable bonds is 3. The third kappa shape index (κ3) is 4.98. The lowest BCUT2D eigenvalue weighted by Crippen LogP contribution is -1.76. The van der Waals surface area contributed by atoms with E-state index in [1.165, 1.54) is 0 Å². The van der Waals surface area contributed by atoms with E-state index in [0.717, 1.165) is 11.8 Å². The van der Waals surface area contributed by atoms with Crippen molar-refractivity contribution in [2.24, 2.45) is 5.11 Å². The van der Waals surface area contributed by atoms with E-state index in [9.17, 15) is 4.79 Å². The maximum Gasteiger partial charge on any atom is 0.145 e. The molecule has 0 saturated carbocycles. The number of allylic oxidation sites excluding steroid dienone is 1. The van der Waals surface area contributed by atoms with Gasteiger partial charge in [0.2, 0.25) is 0 Å². The third-order valence-corrected chi connectivity index (χ3v) is 1.63. The first-order valence-corrected chi connectivity index (χ1v) is 5.05. The molecule has 0 aliphatic heterocycles. The molecule has 0 aromatic heterocycles. The van der Waals surface area contributed by atoms with Crippen molar-refractivity contribution >= 4 is 18.0 Å². The van der Waals surface area contributed by atoms with Gasteiger partial charge in [0.25, 0.3) is 0 Å². The van der Waals surface area contributed by atoms with Crippen molar-refractivity contribution in [2.75, 3.05) is 0 Å². The predicted molar refractivity (Wildman–Crippen MR) is 66.3 cm³/mol. The zero-order chi connectivity index (χ0) is 12.4. The van der Waals surface area contributed by atoms with Crippen molar-refractivity contribution in [3.05, 3.63) is 45.8 Å². The number of carbonyl (C=O) groups is 1. The van der Waals surface area contributed by atoms with Crippen molar-refractivity contribution in [3.8, 4) is 0 Å². The first-order valence-electron chi connectivity index (χ1n) is 5.05. The van der Waals surface area contributed by atoms with Gasteiger partial charge in [-0.25, -0.2) is 0 Å². The van der Waals surface area contributed by atoms with Gasteiger partial charge in [-0.2, -0.15) is 0 Å². The molecule has 16 heavy (non-hydrogen) atoms. The average molecular weight is 217 g/mol. The minimum absolute atomic E-state index is 0.563. The largest absolute Gasteiger partial charge is 0.298 e. The minimum atomic E-state index is 0.563. The van der Waals surface area contributed by atoms with Gasteiger partial charge in [0.05, 0.1) is 0 Å². The Kier molecular flexibility index (Phi) is 7.20. The smallest absolute Gasteiger partial charge is 0.145 e. The van der Waals surface area contributed by atoms with Crippen LogP contribution in [0.25, 0.3) is 16.5 Å². The highest BCUT2D eigenvalue weighted by molar-refractivity contribution is 5.80. The normalized spacial score (nSPS) is 9.56. The summed E-state index contributed by atoms with van der Waals surface area (Å²) in [6, 6.07) is 6.97. The summed E-state index contributed by atoms with van der Waals surface area (Å²) in [6.45, 7) is 5.73. The number of benzene rings is 1. The molecule has 0 atom stereocenters. The van der Waals surface area contributed by atoms with Crippen molar-refractivity contribution in [1.29, 1.82) is 0 Å². The Morgan fingerprint density at radius 3 is 2.31 bits per heavy atom. The van der Waals surface area contributed by atoms with Crippen LogP contribution in [-0.2, 0) is 4.79 Å². The van der Waals surface area contributed by atoms with Crippen LogP contribution in [0.15, 0.2) is 35.0 Å². The number of azide groups is 1. The number of hydrogen-bond acceptors (Lipinski definition) is 2. The molecule has 0 fully saturated rings. The van der Waals surface area contributed by atoms with Gasteiger partial charge in [-0.15, -0.1) is 0 Å². The molecule has 0 saturated heterocycles. The van der Waals surface area contributed by atoms with Gasteiger partial charge in [-0.1, -0.05) is 43.2 Å². The fourth-order valence-corrected chi connectivity index (χ4v) is 0.986. The van der Waals surface area contributed by atoms with Gasteiger partial charge in [0.1, 0.15) is 6.29 Å². The zero-order valence-electron chi connectivity index (χ0n) is 9.71. The molecule has 0 N–H and O–H groups in total. The highest BCUT2D eigenvalue weighted by Crippen LogP contribution is 2.14. The average Bonchev–Trinajstić information content (AvgIpc) is 2.34. The Hall–Kier alpha value is -2.06. The van der Waals surface area contributed by atoms with E-state index < -0.39 is 0 Å². The summed E-state index contributed by atoms with van der Waals surface area (Å²) < 4.78 is 0. The summed E-state index contributed by atoms with van der Waals surface area (Å²) >= 11 is 0. The van der Waals surface area contributed by atoms with E-state index in [1.807, 2.05) is 13.8 Å². The van der Waals surface area contributed by atoms with E-state index in [2.05, 4.69) is 10.0 Å². The molecule has 4 nitrogen and oxygen atoms in total. The second-order valence-corrected chi connectivity index (χ2v) is 2.79. The maximum atomic E-state index is 10.3. The van der Waals surface area contributed by atoms with Gasteiger partial charge in [0.15, 0.2) is 0 Å². The fourth-order valence-electron chi connectivity index (χ4n) is 0.986. The van der Waals surface area contributed by atoms with Crippen LogP contribution in [0.1, 0.15) is 26.3 Å². The van der Waals surface area contributed by atoms with Crippen LogP contribution in [0.3, 0.4) is 0 Å². The van der Waals surface area contributed by atoms with Crippen LogP contribution in [0.2, 0.25) is 0 Å². The van der Waals surface area contributed by atoms with Crippen LogP contribution in [0.5, 0.6) is 0 Å². The van der Waals surface area contributed by atoms with Gasteiger partial charge < -0.3 is 0 Å². The van der Waals surface area contributed by atoms with Gasteiger partial charge in [-0.05, 0) is 29.7 Å². The quantitative estimate of drug-likeness (QED) is 0.245. The first kappa shape index (κ1) is 13.9. The Bertz CT molecular complexity index is 401. The molecule has 0 unspecified atom stereocenters. The van der Waals surface area contributed by atoms with E-state index >= 15 is 0 Å². The van der Waals surface area contributed by atoms with Crippen molar-refractivity contribution < 1.29 is 4.79 Å². The van der Waals surface area contributed by atoms with Crippen molar-refractivity contribution in [1.82, 2.24) is 0 Å². The summed E-state index contributed by atoms with van der Waals surface area (Å²) in [5.74, 6) is 0. The maximum absolute atomic E-state index is 10.3. The van der Waals surface area contributed by atoms with Crippen LogP contribution >= 0.6 is 0 Å². The number of nitrogens with zero attached hydrogens (tertiary/aromatic N) is 3. The number of aldehydes is 1. The molecular formula is C12H15N3O. The molecule has 0 spiro atoms. The molecule has 1 aromatic rings. The second kappa shape index (κ2) is 8.26. The van der Waals surface area contributed by atoms with Crippen LogP contribution in [0, 0.1) is 0 Å². The molecular weight excluding hydrogens is 202 g/mol. The Morgan fingerprint density at radius 1 is 1.31 bits per heavy atom. The van der Waals surface area contributed by atoms with E-state index in [0.29, 0.717) is 11.3 Å². The number of carbonyl (C=O) groups excluding carboxylic acids is 1. The topological polar surface area (TPSA) is 65.8 Å². The highest BCUT2D eigenvalue weighted by atomic mass is 16.1.